The van der Waals surface area contributed by atoms with E-state index in [0.717, 1.165) is 16.4 Å². The molecule has 0 unspecified atom stereocenters. The summed E-state index contributed by atoms with van der Waals surface area (Å²) in [5, 5.41) is 9.20. The van der Waals surface area contributed by atoms with Crippen LogP contribution in [0.1, 0.15) is 6.92 Å². The van der Waals surface area contributed by atoms with E-state index in [4.69, 9.17) is 0 Å². The number of carboxylic acids is 1. The maximum atomic E-state index is 13.0. The van der Waals surface area contributed by atoms with E-state index in [1.807, 2.05) is 0 Å². The van der Waals surface area contributed by atoms with Crippen LogP contribution < -0.4 is 4.31 Å². The Morgan fingerprint density at radius 1 is 1.09 bits per heavy atom. The van der Waals surface area contributed by atoms with Crippen LogP contribution in [-0.4, -0.2) is 25.5 Å². The largest absolute Gasteiger partial charge is 0.480 e. The standard InChI is InChI=1S/C15H14FNO4S/c1-11(15(18)19)17(13-9-7-12(16)8-10-13)22(20,21)14-5-3-2-4-6-14/h2-11H,1H3,(H,18,19)/t11-/m1/s1. The average molecular weight is 323 g/mol. The number of aliphatic carboxylic acids is 1. The summed E-state index contributed by atoms with van der Waals surface area (Å²) in [6.07, 6.45) is 0. The van der Waals surface area contributed by atoms with Crippen LogP contribution in [0.2, 0.25) is 0 Å². The second-order valence-electron chi connectivity index (χ2n) is 4.60. The number of nitrogens with zero attached hydrogens (tertiary/aromatic N) is 1. The van der Waals surface area contributed by atoms with E-state index >= 15 is 0 Å². The highest BCUT2D eigenvalue weighted by molar-refractivity contribution is 7.92. The molecule has 0 aliphatic heterocycles. The normalized spacial score (nSPS) is 12.6. The minimum absolute atomic E-state index is 0.0348. The van der Waals surface area contributed by atoms with Gasteiger partial charge >= 0.3 is 5.97 Å². The smallest absolute Gasteiger partial charge is 0.327 e. The first-order valence-corrected chi connectivity index (χ1v) is 7.86. The number of carbonyl (C=O) groups is 1. The first-order valence-electron chi connectivity index (χ1n) is 6.42. The summed E-state index contributed by atoms with van der Waals surface area (Å²) >= 11 is 0. The average Bonchev–Trinajstić information content (AvgIpc) is 2.50. The van der Waals surface area contributed by atoms with Gasteiger partial charge in [0.05, 0.1) is 10.6 Å². The third-order valence-electron chi connectivity index (χ3n) is 3.09. The molecule has 2 aromatic carbocycles. The topological polar surface area (TPSA) is 74.7 Å². The molecule has 5 nitrogen and oxygen atoms in total. The Labute approximate surface area is 127 Å². The molecular weight excluding hydrogens is 309 g/mol. The van der Waals surface area contributed by atoms with Gasteiger partial charge in [-0.25, -0.2) is 17.6 Å². The molecule has 2 rings (SSSR count). The van der Waals surface area contributed by atoms with Gasteiger partial charge in [0.25, 0.3) is 10.0 Å². The molecule has 0 spiro atoms. The van der Waals surface area contributed by atoms with E-state index in [2.05, 4.69) is 0 Å². The fourth-order valence-corrected chi connectivity index (χ4v) is 3.60. The molecule has 0 aliphatic carbocycles. The Bertz CT molecular complexity index is 760. The Kier molecular flexibility index (Phi) is 4.46. The van der Waals surface area contributed by atoms with E-state index in [1.165, 1.54) is 31.2 Å². The van der Waals surface area contributed by atoms with E-state index in [9.17, 15) is 22.7 Å². The second-order valence-corrected chi connectivity index (χ2v) is 6.42. The molecule has 0 aromatic heterocycles. The molecule has 116 valence electrons. The lowest BCUT2D eigenvalue weighted by atomic mass is 10.2. The van der Waals surface area contributed by atoms with Crippen molar-refractivity contribution in [2.45, 2.75) is 17.9 Å². The molecule has 1 atom stereocenters. The molecule has 7 heteroatoms. The minimum atomic E-state index is -4.08. The van der Waals surface area contributed by atoms with Gasteiger partial charge in [-0.1, -0.05) is 18.2 Å². The van der Waals surface area contributed by atoms with Crippen molar-refractivity contribution in [3.8, 4) is 0 Å². The van der Waals surface area contributed by atoms with Gasteiger partial charge in [0.1, 0.15) is 11.9 Å². The van der Waals surface area contributed by atoms with Gasteiger partial charge in [-0.15, -0.1) is 0 Å². The number of rotatable bonds is 5. The second kappa shape index (κ2) is 6.15. The fraction of sp³-hybridized carbons (Fsp3) is 0.133. The molecule has 0 heterocycles. The van der Waals surface area contributed by atoms with E-state index in [1.54, 1.807) is 18.2 Å². The van der Waals surface area contributed by atoms with Crippen molar-refractivity contribution in [2.75, 3.05) is 4.31 Å². The van der Waals surface area contributed by atoms with Crippen LogP contribution in [0.25, 0.3) is 0 Å². The zero-order valence-electron chi connectivity index (χ0n) is 11.7. The Balaban J connectivity index is 2.59. The zero-order valence-corrected chi connectivity index (χ0v) is 12.5. The lowest BCUT2D eigenvalue weighted by molar-refractivity contribution is -0.137. The monoisotopic (exact) mass is 323 g/mol. The van der Waals surface area contributed by atoms with Crippen molar-refractivity contribution >= 4 is 21.7 Å². The number of carboxylic acid groups (broad SMARTS) is 1. The van der Waals surface area contributed by atoms with E-state index in [0.29, 0.717) is 0 Å². The van der Waals surface area contributed by atoms with Crippen molar-refractivity contribution in [2.24, 2.45) is 0 Å². The quantitative estimate of drug-likeness (QED) is 0.917. The van der Waals surface area contributed by atoms with E-state index in [-0.39, 0.29) is 10.6 Å². The Morgan fingerprint density at radius 3 is 2.14 bits per heavy atom. The van der Waals surface area contributed by atoms with E-state index < -0.39 is 27.9 Å². The van der Waals surface area contributed by atoms with Crippen molar-refractivity contribution in [3.05, 3.63) is 60.4 Å². The summed E-state index contributed by atoms with van der Waals surface area (Å²) in [6, 6.07) is 10.8. The lowest BCUT2D eigenvalue weighted by Crippen LogP contribution is -2.43. The van der Waals surface area contributed by atoms with Crippen LogP contribution in [0.3, 0.4) is 0 Å². The van der Waals surface area contributed by atoms with Crippen molar-refractivity contribution < 1.29 is 22.7 Å². The summed E-state index contributed by atoms with van der Waals surface area (Å²) in [5.41, 5.74) is 0.0835. The molecule has 1 N–H and O–H groups in total. The van der Waals surface area contributed by atoms with Gasteiger partial charge in [-0.2, -0.15) is 0 Å². The molecule has 22 heavy (non-hydrogen) atoms. The molecule has 0 bridgehead atoms. The summed E-state index contributed by atoms with van der Waals surface area (Å²) in [6.45, 7) is 1.26. The lowest BCUT2D eigenvalue weighted by Gasteiger charge is -2.28. The Hall–Kier alpha value is -2.41. The SMILES string of the molecule is C[C@H](C(=O)O)N(c1ccc(F)cc1)S(=O)(=O)c1ccccc1. The predicted octanol–water partition coefficient (Wildman–Crippen LogP) is 2.49. The molecule has 2 aromatic rings. The van der Waals surface area contributed by atoms with Gasteiger partial charge in [0, 0.05) is 0 Å². The minimum Gasteiger partial charge on any atom is -0.480 e. The van der Waals surface area contributed by atoms with Crippen molar-refractivity contribution in [1.29, 1.82) is 0 Å². The van der Waals surface area contributed by atoms with Gasteiger partial charge in [0.2, 0.25) is 0 Å². The van der Waals surface area contributed by atoms with Gasteiger partial charge in [0.15, 0.2) is 0 Å². The Morgan fingerprint density at radius 2 is 1.64 bits per heavy atom. The van der Waals surface area contributed by atoms with Crippen LogP contribution in [0.5, 0.6) is 0 Å². The van der Waals surface area contributed by atoms with Crippen LogP contribution in [0.15, 0.2) is 59.5 Å². The first-order chi connectivity index (χ1) is 10.3. The number of hydrogen-bond donors (Lipinski definition) is 1. The summed E-state index contributed by atoms with van der Waals surface area (Å²) in [7, 11) is -4.08. The van der Waals surface area contributed by atoms with Gasteiger partial charge in [-0.05, 0) is 43.3 Å². The van der Waals surface area contributed by atoms with Crippen LogP contribution in [0.4, 0.5) is 10.1 Å². The molecule has 0 radical (unpaired) electrons. The highest BCUT2D eigenvalue weighted by Gasteiger charge is 2.33. The zero-order chi connectivity index (χ0) is 16.3. The summed E-state index contributed by atoms with van der Waals surface area (Å²) in [5.74, 6) is -1.84. The van der Waals surface area contributed by atoms with Gasteiger partial charge in [-0.3, -0.25) is 4.31 Å². The number of halogens is 1. The fourth-order valence-electron chi connectivity index (χ4n) is 1.96. The molecule has 0 aliphatic rings. The third-order valence-corrected chi connectivity index (χ3v) is 5.00. The molecule has 0 saturated carbocycles. The van der Waals surface area contributed by atoms with Crippen LogP contribution in [0, 0.1) is 5.82 Å². The molecular formula is C15H14FNO4S. The van der Waals surface area contributed by atoms with Crippen molar-refractivity contribution in [3.63, 3.8) is 0 Å². The number of benzene rings is 2. The summed E-state index contributed by atoms with van der Waals surface area (Å²) < 4.78 is 39.3. The highest BCUT2D eigenvalue weighted by atomic mass is 32.2. The number of anilines is 1. The summed E-state index contributed by atoms with van der Waals surface area (Å²) in [4.78, 5) is 11.2. The predicted molar refractivity (Wildman–Crippen MR) is 79.6 cm³/mol. The van der Waals surface area contributed by atoms with Crippen LogP contribution in [-0.2, 0) is 14.8 Å². The van der Waals surface area contributed by atoms with Crippen LogP contribution >= 0.6 is 0 Å². The number of sulfonamides is 1. The van der Waals surface area contributed by atoms with Crippen molar-refractivity contribution in [1.82, 2.24) is 0 Å². The third kappa shape index (κ3) is 3.09. The van der Waals surface area contributed by atoms with Gasteiger partial charge < -0.3 is 5.11 Å². The molecule has 0 amide bonds. The number of hydrogen-bond acceptors (Lipinski definition) is 3. The highest BCUT2D eigenvalue weighted by Crippen LogP contribution is 2.26. The maximum Gasteiger partial charge on any atom is 0.327 e. The molecule has 0 fully saturated rings. The molecule has 0 saturated heterocycles. The maximum absolute atomic E-state index is 13.0. The first kappa shape index (κ1) is 16.0.